The lowest BCUT2D eigenvalue weighted by Crippen LogP contribution is -2.59. The van der Waals surface area contributed by atoms with E-state index in [1.54, 1.807) is 6.08 Å². The molecule has 0 aromatic heterocycles. The van der Waals surface area contributed by atoms with Gasteiger partial charge in [-0.15, -0.1) is 0 Å². The molecule has 128 valence electrons. The molecule has 0 bridgehead atoms. The minimum atomic E-state index is -0.134. The largest absolute Gasteiger partial charge is 0.392 e. The molecule has 3 aliphatic carbocycles. The molecule has 0 radical (unpaired) electrons. The van der Waals surface area contributed by atoms with E-state index in [2.05, 4.69) is 26.8 Å². The monoisotopic (exact) mass is 317 g/mol. The van der Waals surface area contributed by atoms with Gasteiger partial charge in [-0.25, -0.2) is 0 Å². The Kier molecular flexibility index (Phi) is 3.30. The van der Waals surface area contributed by atoms with Gasteiger partial charge in [0.05, 0.1) is 6.10 Å². The summed E-state index contributed by atoms with van der Waals surface area (Å²) in [6.45, 7) is 6.94. The minimum Gasteiger partial charge on any atom is -0.392 e. The molecule has 0 unspecified atom stereocenters. The van der Waals surface area contributed by atoms with E-state index in [0.29, 0.717) is 29.7 Å². The number of hydrogen-bond donors (Lipinski definition) is 1. The van der Waals surface area contributed by atoms with Gasteiger partial charge in [-0.05, 0) is 67.3 Å². The highest BCUT2D eigenvalue weighted by Crippen LogP contribution is 2.64. The number of fused-ring (bicyclic) bond motifs is 5. The number of nitrogens with zero attached hydrogens (tertiary/aromatic N) is 1. The number of aliphatic hydroxyl groups is 1. The molecule has 1 amide bonds. The van der Waals surface area contributed by atoms with Crippen LogP contribution in [0.25, 0.3) is 0 Å². The van der Waals surface area contributed by atoms with Gasteiger partial charge in [-0.2, -0.15) is 0 Å². The Morgan fingerprint density at radius 1 is 1.22 bits per heavy atom. The first-order valence-corrected chi connectivity index (χ1v) is 9.43. The molecule has 3 fully saturated rings. The van der Waals surface area contributed by atoms with Crippen LogP contribution in [-0.4, -0.2) is 35.1 Å². The number of aliphatic hydroxyl groups excluding tert-OH is 1. The Balaban J connectivity index is 1.70. The van der Waals surface area contributed by atoms with Gasteiger partial charge in [-0.1, -0.05) is 26.8 Å². The molecule has 0 aromatic rings. The Bertz CT molecular complexity index is 558. The fraction of sp³-hybridized carbons (Fsp3) is 0.850. The van der Waals surface area contributed by atoms with Crippen molar-refractivity contribution in [2.75, 3.05) is 7.05 Å². The Morgan fingerprint density at radius 3 is 2.70 bits per heavy atom. The third kappa shape index (κ3) is 1.89. The fourth-order valence-corrected chi connectivity index (χ4v) is 7.08. The molecular formula is C20H31NO2. The van der Waals surface area contributed by atoms with Crippen molar-refractivity contribution in [1.29, 1.82) is 0 Å². The van der Waals surface area contributed by atoms with E-state index in [9.17, 15) is 9.90 Å². The number of hydrogen-bond acceptors (Lipinski definition) is 2. The second kappa shape index (κ2) is 4.84. The molecule has 0 aromatic carbocycles. The van der Waals surface area contributed by atoms with Gasteiger partial charge in [0.1, 0.15) is 0 Å². The first-order chi connectivity index (χ1) is 10.8. The predicted molar refractivity (Wildman–Crippen MR) is 90.6 cm³/mol. The van der Waals surface area contributed by atoms with Crippen LogP contribution < -0.4 is 0 Å². The van der Waals surface area contributed by atoms with Crippen molar-refractivity contribution in [1.82, 2.24) is 4.90 Å². The predicted octanol–water partition coefficient (Wildman–Crippen LogP) is 3.23. The zero-order chi connectivity index (χ0) is 16.6. The number of carbonyl (C=O) groups is 1. The molecule has 4 aliphatic rings. The highest BCUT2D eigenvalue weighted by atomic mass is 16.3. The Morgan fingerprint density at radius 2 is 1.96 bits per heavy atom. The molecule has 1 heterocycles. The second-order valence-corrected chi connectivity index (χ2v) is 9.32. The van der Waals surface area contributed by atoms with Crippen LogP contribution in [0.5, 0.6) is 0 Å². The average molecular weight is 317 g/mol. The van der Waals surface area contributed by atoms with E-state index in [1.165, 1.54) is 19.3 Å². The maximum absolute atomic E-state index is 12.1. The smallest absolute Gasteiger partial charge is 0.246 e. The Labute approximate surface area is 140 Å². The summed E-state index contributed by atoms with van der Waals surface area (Å²) in [5, 5.41) is 10.7. The quantitative estimate of drug-likeness (QED) is 0.745. The van der Waals surface area contributed by atoms with Crippen LogP contribution in [0.1, 0.15) is 52.9 Å². The van der Waals surface area contributed by atoms with E-state index < -0.39 is 0 Å². The van der Waals surface area contributed by atoms with Crippen LogP contribution in [0.4, 0.5) is 0 Å². The zero-order valence-corrected chi connectivity index (χ0v) is 15.0. The van der Waals surface area contributed by atoms with E-state index >= 15 is 0 Å². The van der Waals surface area contributed by atoms with Crippen molar-refractivity contribution in [3.63, 3.8) is 0 Å². The van der Waals surface area contributed by atoms with Crippen LogP contribution in [0, 0.1) is 34.5 Å². The molecule has 3 saturated carbocycles. The topological polar surface area (TPSA) is 40.5 Å². The number of rotatable bonds is 0. The summed E-state index contributed by atoms with van der Waals surface area (Å²) in [5.74, 6) is 2.61. The molecule has 23 heavy (non-hydrogen) atoms. The number of carbonyl (C=O) groups excluding carboxylic acids is 1. The van der Waals surface area contributed by atoms with Gasteiger partial charge in [0, 0.05) is 18.5 Å². The van der Waals surface area contributed by atoms with Crippen LogP contribution >= 0.6 is 0 Å². The standard InChI is InChI=1S/C20H31NO2/c1-12-11-15-13-5-6-16-19(2,10-8-17(22)21(16)4)14(13)7-9-20(15,3)18(12)23/h8,10,12-16,18,23H,5-7,9,11H2,1-4H3/t12-,13+,14-,15-,16+,18-,19+,20-/m0/s1. The van der Waals surface area contributed by atoms with E-state index in [0.717, 1.165) is 12.8 Å². The van der Waals surface area contributed by atoms with Crippen molar-refractivity contribution >= 4 is 5.91 Å². The lowest BCUT2D eigenvalue weighted by Gasteiger charge is -2.60. The lowest BCUT2D eigenvalue weighted by atomic mass is 9.48. The number of amides is 1. The molecule has 1 N–H and O–H groups in total. The summed E-state index contributed by atoms with van der Waals surface area (Å²) in [5.41, 5.74) is 0.230. The first-order valence-electron chi connectivity index (χ1n) is 9.43. The first kappa shape index (κ1) is 15.7. The summed E-state index contributed by atoms with van der Waals surface area (Å²) in [6.07, 6.45) is 9.74. The fourth-order valence-electron chi connectivity index (χ4n) is 7.08. The zero-order valence-electron chi connectivity index (χ0n) is 15.0. The molecule has 1 aliphatic heterocycles. The molecule has 0 saturated heterocycles. The molecule has 4 rings (SSSR count). The molecule has 0 spiro atoms. The van der Waals surface area contributed by atoms with Crippen LogP contribution in [-0.2, 0) is 4.79 Å². The number of likely N-dealkylation sites (N-methyl/N-ethyl adjacent to an activating group) is 1. The maximum atomic E-state index is 12.1. The van der Waals surface area contributed by atoms with Gasteiger partial charge in [-0.3, -0.25) is 4.79 Å². The molecule has 3 nitrogen and oxygen atoms in total. The minimum absolute atomic E-state index is 0.115. The maximum Gasteiger partial charge on any atom is 0.246 e. The van der Waals surface area contributed by atoms with Gasteiger partial charge >= 0.3 is 0 Å². The summed E-state index contributed by atoms with van der Waals surface area (Å²) in [6, 6.07) is 0.356. The van der Waals surface area contributed by atoms with Crippen molar-refractivity contribution in [2.45, 2.75) is 65.0 Å². The lowest BCUT2D eigenvalue weighted by molar-refractivity contribution is -0.140. The summed E-state index contributed by atoms with van der Waals surface area (Å²) >= 11 is 0. The van der Waals surface area contributed by atoms with Gasteiger partial charge in [0.15, 0.2) is 0 Å². The third-order valence-corrected chi connectivity index (χ3v) is 8.41. The van der Waals surface area contributed by atoms with Gasteiger partial charge < -0.3 is 10.0 Å². The van der Waals surface area contributed by atoms with E-state index in [4.69, 9.17) is 0 Å². The second-order valence-electron chi connectivity index (χ2n) is 9.32. The normalized spacial score (nSPS) is 55.3. The van der Waals surface area contributed by atoms with Crippen molar-refractivity contribution in [3.8, 4) is 0 Å². The molecule has 8 atom stereocenters. The molecular weight excluding hydrogens is 286 g/mol. The van der Waals surface area contributed by atoms with Crippen LogP contribution in [0.15, 0.2) is 12.2 Å². The van der Waals surface area contributed by atoms with Gasteiger partial charge in [0.25, 0.3) is 0 Å². The SMILES string of the molecule is C[C@H]1C[C@H]2[C@@H]3CC[C@H]4N(C)C(=O)C=C[C@]4(C)[C@H]3CC[C@]2(C)[C@H]1O. The van der Waals surface area contributed by atoms with Gasteiger partial charge in [0.2, 0.25) is 5.91 Å². The van der Waals surface area contributed by atoms with Crippen LogP contribution in [0.2, 0.25) is 0 Å². The van der Waals surface area contributed by atoms with Crippen molar-refractivity contribution < 1.29 is 9.90 Å². The summed E-state index contributed by atoms with van der Waals surface area (Å²) in [4.78, 5) is 14.1. The molecule has 3 heteroatoms. The van der Waals surface area contributed by atoms with Crippen LogP contribution in [0.3, 0.4) is 0 Å². The Hall–Kier alpha value is -0.830. The average Bonchev–Trinajstić information content (AvgIpc) is 2.75. The third-order valence-electron chi connectivity index (χ3n) is 8.41. The van der Waals surface area contributed by atoms with E-state index in [-0.39, 0.29) is 22.8 Å². The van der Waals surface area contributed by atoms with Crippen molar-refractivity contribution in [3.05, 3.63) is 12.2 Å². The highest BCUT2D eigenvalue weighted by Gasteiger charge is 2.61. The highest BCUT2D eigenvalue weighted by molar-refractivity contribution is 5.89. The summed E-state index contributed by atoms with van der Waals surface area (Å²) < 4.78 is 0. The van der Waals surface area contributed by atoms with Crippen molar-refractivity contribution in [2.24, 2.45) is 34.5 Å². The summed E-state index contributed by atoms with van der Waals surface area (Å²) in [7, 11) is 1.98. The van der Waals surface area contributed by atoms with E-state index in [1.807, 2.05) is 11.9 Å².